The normalized spacial score (nSPS) is 15.1. The van der Waals surface area contributed by atoms with Crippen molar-refractivity contribution in [2.75, 3.05) is 16.4 Å². The third kappa shape index (κ3) is 5.70. The zero-order chi connectivity index (χ0) is 30.4. The number of benzene rings is 2. The fourth-order valence-corrected chi connectivity index (χ4v) is 3.78. The third-order valence-electron chi connectivity index (χ3n) is 5.88. The van der Waals surface area contributed by atoms with Crippen molar-refractivity contribution in [2.24, 2.45) is 0 Å². The zero-order valence-electron chi connectivity index (χ0n) is 22.2. The average Bonchev–Trinajstić information content (AvgIpc) is 3.30. The van der Waals surface area contributed by atoms with Gasteiger partial charge in [-0.15, -0.1) is 0 Å². The van der Waals surface area contributed by atoms with Gasteiger partial charge in [-0.2, -0.15) is 22.7 Å². The Hall–Kier alpha value is -5.08. The summed E-state index contributed by atoms with van der Waals surface area (Å²) in [6, 6.07) is 10.7. The number of carbonyl (C=O) groups excluding carboxylic acids is 1. The van der Waals surface area contributed by atoms with Gasteiger partial charge in [0.05, 0.1) is 17.1 Å². The van der Waals surface area contributed by atoms with Crippen molar-refractivity contribution in [3.63, 3.8) is 0 Å². The summed E-state index contributed by atoms with van der Waals surface area (Å²) in [5.41, 5.74) is 5.46. The van der Waals surface area contributed by atoms with Crippen LogP contribution in [0.3, 0.4) is 0 Å². The second-order valence-electron chi connectivity index (χ2n) is 10.2. The first-order valence-electron chi connectivity index (χ1n) is 12.3. The van der Waals surface area contributed by atoms with Crippen LogP contribution in [-0.2, 0) is 5.41 Å². The number of carbonyl (C=O) groups is 1. The number of aromatic nitrogens is 3. The van der Waals surface area contributed by atoms with Crippen LogP contribution in [0.5, 0.6) is 23.0 Å². The van der Waals surface area contributed by atoms with E-state index in [-0.39, 0.29) is 28.8 Å². The largest absolute Gasteiger partial charge is 0.507 e. The third-order valence-corrected chi connectivity index (χ3v) is 5.88. The Balaban J connectivity index is 1.38. The minimum absolute atomic E-state index is 0.0573. The Morgan fingerprint density at radius 2 is 1.62 bits per heavy atom. The number of fused-ring (bicyclic) bond motifs is 1. The van der Waals surface area contributed by atoms with Gasteiger partial charge < -0.3 is 25.3 Å². The van der Waals surface area contributed by atoms with E-state index in [4.69, 9.17) is 10.5 Å². The number of pyridine rings is 1. The van der Waals surface area contributed by atoms with Gasteiger partial charge in [-0.25, -0.2) is 18.9 Å². The summed E-state index contributed by atoms with van der Waals surface area (Å²) in [4.78, 5) is 16.7. The molecule has 0 atom stereocenters. The van der Waals surface area contributed by atoms with E-state index in [1.807, 2.05) is 20.8 Å². The molecule has 0 saturated carbocycles. The van der Waals surface area contributed by atoms with Crippen molar-refractivity contribution in [3.8, 4) is 28.7 Å². The lowest BCUT2D eigenvalue weighted by Gasteiger charge is -2.31. The second-order valence-corrected chi connectivity index (χ2v) is 10.2. The van der Waals surface area contributed by atoms with E-state index in [0.29, 0.717) is 11.4 Å². The number of alkyl halides is 4. The average molecular weight is 591 g/mol. The molecule has 42 heavy (non-hydrogen) atoms. The lowest BCUT2D eigenvalue weighted by atomic mass is 9.92. The SMILES string of the molecule is CC(C)(C)c1cc(NC(=O)Nc2ccc(Oc3ccnc(N)c3)cc2F)n(-c2ccc3c(c2)OC(F)(F)C(F)(F)O3)n1. The molecule has 0 unspecified atom stereocenters. The van der Waals surface area contributed by atoms with Gasteiger partial charge in [-0.1, -0.05) is 20.8 Å². The molecule has 5 rings (SSSR count). The summed E-state index contributed by atoms with van der Waals surface area (Å²) in [6.07, 6.45) is -8.36. The monoisotopic (exact) mass is 590 g/mol. The van der Waals surface area contributed by atoms with E-state index < -0.39 is 41.0 Å². The van der Waals surface area contributed by atoms with E-state index in [1.165, 1.54) is 47.3 Å². The highest BCUT2D eigenvalue weighted by molar-refractivity contribution is 5.99. The van der Waals surface area contributed by atoms with Gasteiger partial charge in [0, 0.05) is 35.9 Å². The van der Waals surface area contributed by atoms with Gasteiger partial charge in [0.1, 0.15) is 29.0 Å². The van der Waals surface area contributed by atoms with Crippen LogP contribution in [0.1, 0.15) is 26.5 Å². The van der Waals surface area contributed by atoms with Crippen LogP contribution in [0.4, 0.5) is 44.1 Å². The van der Waals surface area contributed by atoms with Crippen LogP contribution in [0, 0.1) is 5.82 Å². The minimum atomic E-state index is -4.92. The van der Waals surface area contributed by atoms with Crippen molar-refractivity contribution in [3.05, 3.63) is 72.3 Å². The van der Waals surface area contributed by atoms with E-state index in [1.54, 1.807) is 0 Å². The standard InChI is InChI=1S/C27H23F5N6O4/c1-25(2,3)21-13-23(38(37-21)14-4-7-19-20(10-14)42-27(31,32)26(29,30)41-19)36-24(39)35-18-6-5-15(11-17(18)28)40-16-8-9-34-22(33)12-16/h4-13H,1-3H3,(H2,33,34)(H2,35,36,39). The number of amides is 2. The topological polar surface area (TPSA) is 126 Å². The predicted octanol–water partition coefficient (Wildman–Crippen LogP) is 6.68. The summed E-state index contributed by atoms with van der Waals surface area (Å²) in [5.74, 6) is -1.34. The van der Waals surface area contributed by atoms with Crippen molar-refractivity contribution in [1.29, 1.82) is 0 Å². The summed E-state index contributed by atoms with van der Waals surface area (Å²) >= 11 is 0. The van der Waals surface area contributed by atoms with E-state index in [0.717, 1.165) is 18.2 Å². The van der Waals surface area contributed by atoms with E-state index >= 15 is 0 Å². The number of rotatable bonds is 5. The Morgan fingerprint density at radius 1 is 0.929 bits per heavy atom. The number of nitrogens with one attached hydrogen (secondary N) is 2. The molecule has 0 fully saturated rings. The zero-order valence-corrected chi connectivity index (χ0v) is 22.2. The molecule has 4 N–H and O–H groups in total. The highest BCUT2D eigenvalue weighted by Crippen LogP contribution is 2.47. The second kappa shape index (κ2) is 10.1. The van der Waals surface area contributed by atoms with Crippen molar-refractivity contribution in [2.45, 2.75) is 38.4 Å². The van der Waals surface area contributed by atoms with Crippen LogP contribution < -0.4 is 30.6 Å². The Morgan fingerprint density at radius 3 is 2.29 bits per heavy atom. The number of urea groups is 1. The molecule has 0 saturated heterocycles. The molecule has 0 bridgehead atoms. The molecule has 0 spiro atoms. The minimum Gasteiger partial charge on any atom is -0.457 e. The van der Waals surface area contributed by atoms with Gasteiger partial charge in [-0.05, 0) is 30.3 Å². The fourth-order valence-electron chi connectivity index (χ4n) is 3.78. The molecule has 4 aromatic rings. The lowest BCUT2D eigenvalue weighted by Crippen LogP contribution is -2.52. The Bertz CT molecular complexity index is 1670. The summed E-state index contributed by atoms with van der Waals surface area (Å²) in [5, 5.41) is 9.35. The molecule has 0 aliphatic carbocycles. The smallest absolute Gasteiger partial charge is 0.457 e. The Labute approximate surface area is 235 Å². The lowest BCUT2D eigenvalue weighted by molar-refractivity contribution is -0.391. The Kier molecular flexibility index (Phi) is 6.83. The number of nitrogen functional groups attached to an aromatic ring is 1. The molecule has 10 nitrogen and oxygen atoms in total. The maximum atomic E-state index is 14.8. The van der Waals surface area contributed by atoms with Crippen LogP contribution in [0.15, 0.2) is 60.8 Å². The summed E-state index contributed by atoms with van der Waals surface area (Å²) in [7, 11) is 0. The number of nitrogens with zero attached hydrogens (tertiary/aromatic N) is 3. The highest BCUT2D eigenvalue weighted by Gasteiger charge is 2.66. The van der Waals surface area contributed by atoms with Crippen LogP contribution >= 0.6 is 0 Å². The molecule has 1 aliphatic rings. The van der Waals surface area contributed by atoms with Gasteiger partial charge in [0.2, 0.25) is 0 Å². The summed E-state index contributed by atoms with van der Waals surface area (Å²) in [6.45, 7) is 5.53. The highest BCUT2D eigenvalue weighted by atomic mass is 19.3. The van der Waals surface area contributed by atoms with Gasteiger partial charge in [0.25, 0.3) is 0 Å². The van der Waals surface area contributed by atoms with Gasteiger partial charge in [-0.3, -0.25) is 5.32 Å². The molecular formula is C27H23F5N6O4. The van der Waals surface area contributed by atoms with Gasteiger partial charge >= 0.3 is 18.2 Å². The predicted molar refractivity (Wildman–Crippen MR) is 141 cm³/mol. The molecule has 0 radical (unpaired) electrons. The van der Waals surface area contributed by atoms with Gasteiger partial charge in [0.15, 0.2) is 11.5 Å². The van der Waals surface area contributed by atoms with Crippen molar-refractivity contribution in [1.82, 2.24) is 14.8 Å². The molecule has 220 valence electrons. The molecule has 15 heteroatoms. The molecule has 2 aromatic heterocycles. The number of hydrogen-bond donors (Lipinski definition) is 3. The molecule has 2 aromatic carbocycles. The number of nitrogens with two attached hydrogens (primary N) is 1. The van der Waals surface area contributed by atoms with E-state index in [2.05, 4.69) is 30.2 Å². The fraction of sp³-hybridized carbons (Fsp3) is 0.222. The number of halogens is 5. The molecule has 1 aliphatic heterocycles. The van der Waals surface area contributed by atoms with Crippen molar-refractivity contribution >= 4 is 23.4 Å². The van der Waals surface area contributed by atoms with E-state index in [9.17, 15) is 26.7 Å². The first kappa shape index (κ1) is 28.4. The first-order chi connectivity index (χ1) is 19.6. The maximum absolute atomic E-state index is 14.8. The quantitative estimate of drug-likeness (QED) is 0.222. The van der Waals surface area contributed by atoms with Crippen molar-refractivity contribution < 1.29 is 41.0 Å². The number of ether oxygens (including phenoxy) is 3. The summed E-state index contributed by atoms with van der Waals surface area (Å²) < 4.78 is 84.5. The van der Waals surface area contributed by atoms with Crippen LogP contribution in [0.2, 0.25) is 0 Å². The van der Waals surface area contributed by atoms with Crippen LogP contribution in [-0.4, -0.2) is 33.0 Å². The molecule has 2 amide bonds. The first-order valence-corrected chi connectivity index (χ1v) is 12.3. The number of anilines is 3. The van der Waals surface area contributed by atoms with Crippen LogP contribution in [0.25, 0.3) is 5.69 Å². The maximum Gasteiger partial charge on any atom is 0.507 e. The molecule has 3 heterocycles. The number of hydrogen-bond acceptors (Lipinski definition) is 7. The molecular weight excluding hydrogens is 567 g/mol.